The third-order valence-electron chi connectivity index (χ3n) is 8.82. The summed E-state index contributed by atoms with van der Waals surface area (Å²) in [6.07, 6.45) is 6.46. The molecule has 0 bridgehead atoms. The number of piperidine rings is 2. The molecule has 1 aromatic heterocycles. The Hall–Kier alpha value is -4.11. The van der Waals surface area contributed by atoms with Crippen LogP contribution in [0, 0.1) is 5.41 Å². The smallest absolute Gasteiger partial charge is 0.270 e. The van der Waals surface area contributed by atoms with Crippen LogP contribution in [0.15, 0.2) is 66.9 Å². The van der Waals surface area contributed by atoms with E-state index in [1.54, 1.807) is 24.1 Å². The quantitative estimate of drug-likeness (QED) is 0.501. The first-order chi connectivity index (χ1) is 19.9. The number of aromatic nitrogens is 1. The number of amides is 2. The zero-order valence-electron chi connectivity index (χ0n) is 23.7. The molecular weight excluding hydrogens is 518 g/mol. The average molecular weight is 556 g/mol. The lowest BCUT2D eigenvalue weighted by Gasteiger charge is -2.47. The number of nitrogens with one attached hydrogen (secondary N) is 1. The summed E-state index contributed by atoms with van der Waals surface area (Å²) >= 11 is 0. The van der Waals surface area contributed by atoms with Gasteiger partial charge in [-0.1, -0.05) is 18.2 Å². The maximum atomic E-state index is 13.5. The van der Waals surface area contributed by atoms with Crippen molar-refractivity contribution in [2.24, 2.45) is 5.41 Å². The second-order valence-electron chi connectivity index (χ2n) is 11.5. The molecule has 9 nitrogen and oxygen atoms in total. The van der Waals surface area contributed by atoms with Crippen molar-refractivity contribution in [1.29, 1.82) is 0 Å². The Kier molecular flexibility index (Phi) is 7.53. The van der Waals surface area contributed by atoms with Crippen molar-refractivity contribution in [2.75, 3.05) is 56.7 Å². The summed E-state index contributed by atoms with van der Waals surface area (Å²) < 4.78 is 11.9. The van der Waals surface area contributed by atoms with Crippen LogP contribution in [-0.2, 0) is 4.79 Å². The highest BCUT2D eigenvalue weighted by Gasteiger charge is 2.37. The number of rotatable bonds is 5. The molecule has 6 rings (SSSR count). The fourth-order valence-electron chi connectivity index (χ4n) is 6.07. The number of likely N-dealkylation sites (N-methyl/N-ethyl adjacent to an activating group) is 1. The molecule has 4 heterocycles. The molecule has 3 aromatic rings. The number of likely N-dealkylation sites (tertiary alicyclic amines) is 1. The first-order valence-electron chi connectivity index (χ1n) is 14.4. The highest BCUT2D eigenvalue weighted by atomic mass is 16.5. The van der Waals surface area contributed by atoms with Crippen molar-refractivity contribution < 1.29 is 19.1 Å². The number of benzene rings is 2. The van der Waals surface area contributed by atoms with Gasteiger partial charge in [0.2, 0.25) is 0 Å². The molecule has 2 amide bonds. The molecule has 1 N–H and O–H groups in total. The van der Waals surface area contributed by atoms with Crippen LogP contribution in [0.4, 0.5) is 11.4 Å². The van der Waals surface area contributed by atoms with Crippen molar-refractivity contribution in [1.82, 2.24) is 15.2 Å². The molecule has 2 saturated heterocycles. The van der Waals surface area contributed by atoms with Gasteiger partial charge in [0.1, 0.15) is 35.6 Å². The van der Waals surface area contributed by atoms with E-state index in [-0.39, 0.29) is 18.2 Å². The molecule has 0 aliphatic carbocycles. The van der Waals surface area contributed by atoms with E-state index in [2.05, 4.69) is 33.2 Å². The standard InChI is InChI=1S/C32H37N5O4/c1-35-16-11-32(12-17-35)13-18-37(19-14-32)23-8-9-29-28(20-23)36(2)31(39)27(22-40-29)34-30(38)26-21-25(10-15-33-26)41-24-6-4-3-5-7-24/h3-10,15,20-21,27H,11-14,16-19,22H2,1-2H3,(H,34,38). The van der Waals surface area contributed by atoms with Gasteiger partial charge in [-0.05, 0) is 87.6 Å². The molecule has 2 fully saturated rings. The van der Waals surface area contributed by atoms with Crippen LogP contribution in [-0.4, -0.2) is 74.6 Å². The number of fused-ring (bicyclic) bond motifs is 1. The maximum Gasteiger partial charge on any atom is 0.270 e. The van der Waals surface area contributed by atoms with Crippen molar-refractivity contribution in [3.63, 3.8) is 0 Å². The Bertz CT molecular complexity index is 1400. The van der Waals surface area contributed by atoms with E-state index in [4.69, 9.17) is 9.47 Å². The third-order valence-corrected chi connectivity index (χ3v) is 8.82. The van der Waals surface area contributed by atoms with E-state index in [1.807, 2.05) is 42.5 Å². The molecule has 214 valence electrons. The monoisotopic (exact) mass is 555 g/mol. The van der Waals surface area contributed by atoms with E-state index in [0.717, 1.165) is 18.8 Å². The van der Waals surface area contributed by atoms with Gasteiger partial charge in [-0.2, -0.15) is 0 Å². The number of carbonyl (C=O) groups excluding carboxylic acids is 2. The minimum atomic E-state index is -0.858. The van der Waals surface area contributed by atoms with Gasteiger partial charge in [0, 0.05) is 38.1 Å². The summed E-state index contributed by atoms with van der Waals surface area (Å²) in [6, 6.07) is 17.7. The van der Waals surface area contributed by atoms with Gasteiger partial charge in [0.05, 0.1) is 5.69 Å². The molecule has 3 aliphatic heterocycles. The Morgan fingerprint density at radius 1 is 0.951 bits per heavy atom. The van der Waals surface area contributed by atoms with E-state index in [1.165, 1.54) is 45.0 Å². The highest BCUT2D eigenvalue weighted by molar-refractivity contribution is 6.03. The van der Waals surface area contributed by atoms with Gasteiger partial charge in [0.25, 0.3) is 11.8 Å². The summed E-state index contributed by atoms with van der Waals surface area (Å²) in [5.41, 5.74) is 2.43. The summed E-state index contributed by atoms with van der Waals surface area (Å²) in [4.78, 5) is 37.2. The Labute approximate surface area is 241 Å². The summed E-state index contributed by atoms with van der Waals surface area (Å²) in [7, 11) is 3.94. The van der Waals surface area contributed by atoms with Crippen LogP contribution < -0.4 is 24.6 Å². The van der Waals surface area contributed by atoms with Crippen molar-refractivity contribution in [3.8, 4) is 17.2 Å². The number of hydrogen-bond acceptors (Lipinski definition) is 7. The highest BCUT2D eigenvalue weighted by Crippen LogP contribution is 2.43. The minimum Gasteiger partial charge on any atom is -0.489 e. The van der Waals surface area contributed by atoms with E-state index >= 15 is 0 Å². The third kappa shape index (κ3) is 5.86. The zero-order valence-corrected chi connectivity index (χ0v) is 23.7. The lowest BCUT2D eigenvalue weighted by atomic mass is 9.71. The van der Waals surface area contributed by atoms with Crippen LogP contribution in [0.1, 0.15) is 36.2 Å². The average Bonchev–Trinajstić information content (AvgIpc) is 3.11. The van der Waals surface area contributed by atoms with E-state index in [9.17, 15) is 9.59 Å². The fourth-order valence-corrected chi connectivity index (χ4v) is 6.07. The molecular formula is C32H37N5O4. The predicted molar refractivity (Wildman–Crippen MR) is 158 cm³/mol. The van der Waals surface area contributed by atoms with Crippen molar-refractivity contribution in [2.45, 2.75) is 31.7 Å². The van der Waals surface area contributed by atoms with Gasteiger partial charge in [-0.15, -0.1) is 0 Å². The predicted octanol–water partition coefficient (Wildman–Crippen LogP) is 4.34. The number of carbonyl (C=O) groups is 2. The first kappa shape index (κ1) is 27.1. The Morgan fingerprint density at radius 2 is 1.68 bits per heavy atom. The largest absolute Gasteiger partial charge is 0.489 e. The summed E-state index contributed by atoms with van der Waals surface area (Å²) in [5, 5.41) is 2.81. The fraction of sp³-hybridized carbons (Fsp3) is 0.406. The van der Waals surface area contributed by atoms with E-state index < -0.39 is 11.9 Å². The SMILES string of the molecule is CN1CCC2(CC1)CCN(c1ccc3c(c1)N(C)C(=O)C(NC(=O)c1cc(Oc4ccccc4)ccn1)CO3)CC2. The minimum absolute atomic E-state index is 0.0299. The van der Waals surface area contributed by atoms with Gasteiger partial charge in [0.15, 0.2) is 0 Å². The molecule has 1 spiro atoms. The second-order valence-corrected chi connectivity index (χ2v) is 11.5. The van der Waals surface area contributed by atoms with Gasteiger partial charge in [-0.25, -0.2) is 0 Å². The number of nitrogens with zero attached hydrogens (tertiary/aromatic N) is 4. The summed E-state index contributed by atoms with van der Waals surface area (Å²) in [6.45, 7) is 4.43. The number of ether oxygens (including phenoxy) is 2. The van der Waals surface area contributed by atoms with Gasteiger partial charge in [-0.3, -0.25) is 14.6 Å². The molecule has 1 unspecified atom stereocenters. The normalized spacial score (nSPS) is 20.6. The molecule has 3 aliphatic rings. The van der Waals surface area contributed by atoms with Crippen LogP contribution >= 0.6 is 0 Å². The lowest BCUT2D eigenvalue weighted by molar-refractivity contribution is -0.120. The van der Waals surface area contributed by atoms with Crippen LogP contribution in [0.5, 0.6) is 17.2 Å². The maximum absolute atomic E-state index is 13.5. The van der Waals surface area contributed by atoms with Crippen molar-refractivity contribution in [3.05, 3.63) is 72.6 Å². The molecule has 2 aromatic carbocycles. The molecule has 1 atom stereocenters. The van der Waals surface area contributed by atoms with Crippen LogP contribution in [0.2, 0.25) is 0 Å². The Morgan fingerprint density at radius 3 is 2.44 bits per heavy atom. The Balaban J connectivity index is 1.11. The van der Waals surface area contributed by atoms with Gasteiger partial charge >= 0.3 is 0 Å². The number of pyridine rings is 1. The number of hydrogen-bond donors (Lipinski definition) is 1. The first-order valence-corrected chi connectivity index (χ1v) is 14.4. The van der Waals surface area contributed by atoms with Gasteiger partial charge < -0.3 is 29.5 Å². The topological polar surface area (TPSA) is 87.2 Å². The van der Waals surface area contributed by atoms with Crippen LogP contribution in [0.3, 0.4) is 0 Å². The molecule has 0 saturated carbocycles. The molecule has 9 heteroatoms. The second kappa shape index (κ2) is 11.4. The number of anilines is 2. The summed E-state index contributed by atoms with van der Waals surface area (Å²) in [5.74, 6) is 1.05. The molecule has 41 heavy (non-hydrogen) atoms. The van der Waals surface area contributed by atoms with Crippen LogP contribution in [0.25, 0.3) is 0 Å². The van der Waals surface area contributed by atoms with E-state index in [0.29, 0.717) is 28.4 Å². The van der Waals surface area contributed by atoms with Crippen molar-refractivity contribution >= 4 is 23.2 Å². The zero-order chi connectivity index (χ0) is 28.4. The number of para-hydroxylation sites is 1. The lowest BCUT2D eigenvalue weighted by Crippen LogP contribution is -2.49. The molecule has 0 radical (unpaired) electrons.